The average Bonchev–Trinajstić information content (AvgIpc) is 2.23. The van der Waals surface area contributed by atoms with Crippen molar-refractivity contribution in [3.8, 4) is 0 Å². The fourth-order valence-electron chi connectivity index (χ4n) is 1.46. The molecule has 0 heterocycles. The van der Waals surface area contributed by atoms with Gasteiger partial charge in [0, 0.05) is 21.5 Å². The van der Waals surface area contributed by atoms with E-state index in [9.17, 15) is 4.79 Å². The SMILES string of the molecule is CCCC(=O)C(Br)Cc1c(Cl)cc(Cl)cc1Cl. The molecule has 1 aromatic carbocycles. The molecule has 17 heavy (non-hydrogen) atoms. The second-order valence-electron chi connectivity index (χ2n) is 3.74. The van der Waals surface area contributed by atoms with Gasteiger partial charge in [0.05, 0.1) is 4.83 Å². The van der Waals surface area contributed by atoms with Gasteiger partial charge in [-0.25, -0.2) is 0 Å². The third kappa shape index (κ3) is 4.44. The summed E-state index contributed by atoms with van der Waals surface area (Å²) in [5.74, 6) is 0.162. The van der Waals surface area contributed by atoms with Crippen molar-refractivity contribution in [1.29, 1.82) is 0 Å². The molecule has 1 unspecified atom stereocenters. The molecular weight excluding hydrogens is 346 g/mol. The topological polar surface area (TPSA) is 17.1 Å². The van der Waals surface area contributed by atoms with Crippen LogP contribution in [-0.4, -0.2) is 10.6 Å². The number of alkyl halides is 1. The first-order valence-corrected chi connectivity index (χ1v) is 7.30. The minimum Gasteiger partial charge on any atom is -0.298 e. The van der Waals surface area contributed by atoms with Crippen LogP contribution in [0.3, 0.4) is 0 Å². The highest BCUT2D eigenvalue weighted by atomic mass is 79.9. The molecule has 94 valence electrons. The Morgan fingerprint density at radius 2 is 1.82 bits per heavy atom. The number of Topliss-reactive ketones (excluding diaryl/α,β-unsaturated/α-hetero) is 1. The van der Waals surface area contributed by atoms with Crippen LogP contribution in [0.4, 0.5) is 0 Å². The second-order valence-corrected chi connectivity index (χ2v) is 6.09. The van der Waals surface area contributed by atoms with Crippen LogP contribution in [0.2, 0.25) is 15.1 Å². The van der Waals surface area contributed by atoms with Crippen molar-refractivity contribution >= 4 is 56.5 Å². The van der Waals surface area contributed by atoms with Gasteiger partial charge in [-0.3, -0.25) is 4.79 Å². The Balaban J connectivity index is 2.85. The largest absolute Gasteiger partial charge is 0.298 e. The van der Waals surface area contributed by atoms with Crippen molar-refractivity contribution in [2.75, 3.05) is 0 Å². The summed E-state index contributed by atoms with van der Waals surface area (Å²) >= 11 is 21.3. The molecule has 0 bridgehead atoms. The lowest BCUT2D eigenvalue weighted by molar-refractivity contribution is -0.118. The van der Waals surface area contributed by atoms with Gasteiger partial charge in [0.2, 0.25) is 0 Å². The van der Waals surface area contributed by atoms with Crippen LogP contribution >= 0.6 is 50.7 Å². The minimum atomic E-state index is -0.251. The lowest BCUT2D eigenvalue weighted by Gasteiger charge is -2.11. The molecule has 0 aliphatic heterocycles. The van der Waals surface area contributed by atoms with E-state index < -0.39 is 0 Å². The van der Waals surface area contributed by atoms with Crippen LogP contribution in [0.5, 0.6) is 0 Å². The maximum Gasteiger partial charge on any atom is 0.146 e. The van der Waals surface area contributed by atoms with Crippen LogP contribution in [-0.2, 0) is 11.2 Å². The number of carbonyl (C=O) groups is 1. The summed E-state index contributed by atoms with van der Waals surface area (Å²) < 4.78 is 0. The zero-order valence-corrected chi connectivity index (χ0v) is 13.1. The maximum absolute atomic E-state index is 11.7. The van der Waals surface area contributed by atoms with Crippen molar-refractivity contribution < 1.29 is 4.79 Å². The summed E-state index contributed by atoms with van der Waals surface area (Å²) in [6.45, 7) is 1.97. The molecule has 1 atom stereocenters. The van der Waals surface area contributed by atoms with Crippen molar-refractivity contribution in [3.05, 3.63) is 32.8 Å². The van der Waals surface area contributed by atoms with Crippen LogP contribution < -0.4 is 0 Å². The molecule has 0 aliphatic rings. The molecule has 0 aromatic heterocycles. The molecule has 0 N–H and O–H groups in total. The predicted octanol–water partition coefficient (Wildman–Crippen LogP) is 5.32. The van der Waals surface area contributed by atoms with E-state index in [1.54, 1.807) is 12.1 Å². The first kappa shape index (κ1) is 15.3. The third-order valence-electron chi connectivity index (χ3n) is 2.33. The first-order valence-electron chi connectivity index (χ1n) is 5.26. The number of hydrogen-bond acceptors (Lipinski definition) is 1. The maximum atomic E-state index is 11.7. The molecule has 5 heteroatoms. The molecule has 1 rings (SSSR count). The quantitative estimate of drug-likeness (QED) is 0.651. The van der Waals surface area contributed by atoms with Gasteiger partial charge >= 0.3 is 0 Å². The minimum absolute atomic E-state index is 0.162. The normalized spacial score (nSPS) is 12.5. The van der Waals surface area contributed by atoms with E-state index in [1.165, 1.54) is 0 Å². The molecule has 1 nitrogen and oxygen atoms in total. The highest BCUT2D eigenvalue weighted by Gasteiger charge is 2.18. The standard InChI is InChI=1S/C12H12BrCl3O/c1-2-3-12(17)9(13)6-8-10(15)4-7(14)5-11(8)16/h4-5,9H,2-3,6H2,1H3. The number of rotatable bonds is 5. The van der Waals surface area contributed by atoms with E-state index in [4.69, 9.17) is 34.8 Å². The van der Waals surface area contributed by atoms with E-state index in [-0.39, 0.29) is 10.6 Å². The van der Waals surface area contributed by atoms with Gasteiger partial charge in [0.15, 0.2) is 0 Å². The van der Waals surface area contributed by atoms with E-state index >= 15 is 0 Å². The smallest absolute Gasteiger partial charge is 0.146 e. The van der Waals surface area contributed by atoms with Gasteiger partial charge in [-0.2, -0.15) is 0 Å². The van der Waals surface area contributed by atoms with Crippen molar-refractivity contribution in [2.45, 2.75) is 31.0 Å². The molecule has 0 radical (unpaired) electrons. The zero-order chi connectivity index (χ0) is 13.0. The predicted molar refractivity (Wildman–Crippen MR) is 77.8 cm³/mol. The Hall–Kier alpha value is 0.240. The van der Waals surface area contributed by atoms with E-state index in [2.05, 4.69) is 15.9 Å². The van der Waals surface area contributed by atoms with Crippen LogP contribution in [0, 0.1) is 0 Å². The Bertz CT molecular complexity index is 397. The average molecular weight is 358 g/mol. The number of carbonyl (C=O) groups excluding carboxylic acids is 1. The summed E-state index contributed by atoms with van der Waals surface area (Å²) in [6, 6.07) is 3.27. The molecule has 0 aliphatic carbocycles. The number of halogens is 4. The van der Waals surface area contributed by atoms with Crippen LogP contribution in [0.1, 0.15) is 25.3 Å². The van der Waals surface area contributed by atoms with Crippen molar-refractivity contribution in [3.63, 3.8) is 0 Å². The van der Waals surface area contributed by atoms with Gasteiger partial charge < -0.3 is 0 Å². The van der Waals surface area contributed by atoms with E-state index in [1.807, 2.05) is 6.92 Å². The highest BCUT2D eigenvalue weighted by molar-refractivity contribution is 9.10. The van der Waals surface area contributed by atoms with E-state index in [0.717, 1.165) is 12.0 Å². The molecule has 0 fully saturated rings. The fourth-order valence-corrected chi connectivity index (χ4v) is 2.99. The fraction of sp³-hybridized carbons (Fsp3) is 0.417. The van der Waals surface area contributed by atoms with Crippen LogP contribution in [0.15, 0.2) is 12.1 Å². The summed E-state index contributed by atoms with van der Waals surface area (Å²) in [5, 5.41) is 1.49. The lowest BCUT2D eigenvalue weighted by atomic mass is 10.1. The second kappa shape index (κ2) is 6.98. The Morgan fingerprint density at radius 3 is 2.29 bits per heavy atom. The molecule has 0 spiro atoms. The molecule has 0 saturated carbocycles. The Labute approximate surface area is 125 Å². The summed E-state index contributed by atoms with van der Waals surface area (Å²) in [5.41, 5.74) is 0.754. The lowest BCUT2D eigenvalue weighted by Crippen LogP contribution is -2.16. The Kier molecular flexibility index (Phi) is 6.28. The van der Waals surface area contributed by atoms with Gasteiger partial charge in [-0.05, 0) is 30.5 Å². The van der Waals surface area contributed by atoms with Crippen LogP contribution in [0.25, 0.3) is 0 Å². The Morgan fingerprint density at radius 1 is 1.29 bits per heavy atom. The summed E-state index contributed by atoms with van der Waals surface area (Å²) in [4.78, 5) is 11.4. The third-order valence-corrected chi connectivity index (χ3v) is 4.06. The molecule has 0 saturated heterocycles. The van der Waals surface area contributed by atoms with E-state index in [0.29, 0.717) is 27.9 Å². The highest BCUT2D eigenvalue weighted by Crippen LogP contribution is 2.31. The first-order chi connectivity index (χ1) is 7.95. The van der Waals surface area contributed by atoms with Crippen molar-refractivity contribution in [1.82, 2.24) is 0 Å². The number of ketones is 1. The van der Waals surface area contributed by atoms with Gasteiger partial charge in [0.25, 0.3) is 0 Å². The molecule has 1 aromatic rings. The number of hydrogen-bond donors (Lipinski definition) is 0. The zero-order valence-electron chi connectivity index (χ0n) is 9.27. The summed E-state index contributed by atoms with van der Waals surface area (Å²) in [6.07, 6.45) is 1.87. The van der Waals surface area contributed by atoms with Gasteiger partial charge in [-0.15, -0.1) is 0 Å². The monoisotopic (exact) mass is 356 g/mol. The van der Waals surface area contributed by atoms with Gasteiger partial charge in [0.1, 0.15) is 5.78 Å². The summed E-state index contributed by atoms with van der Waals surface area (Å²) in [7, 11) is 0. The molecular formula is C12H12BrCl3O. The van der Waals surface area contributed by atoms with Gasteiger partial charge in [-0.1, -0.05) is 57.7 Å². The number of benzene rings is 1. The van der Waals surface area contributed by atoms with Crippen molar-refractivity contribution in [2.24, 2.45) is 0 Å². The molecule has 0 amide bonds.